The molecular weight excluding hydrogens is 334 g/mol. The van der Waals surface area contributed by atoms with Crippen LogP contribution in [-0.2, 0) is 28.7 Å². The molecule has 134 valence electrons. The average molecular weight is 351 g/mol. The predicted molar refractivity (Wildman–Crippen MR) is 84.8 cm³/mol. The molecule has 0 radical (unpaired) electrons. The predicted octanol–water partition coefficient (Wildman–Crippen LogP) is 0.971. The van der Waals surface area contributed by atoms with E-state index < -0.39 is 36.2 Å². The number of rotatable bonds is 8. The molecular formula is C16H17NO8. The lowest BCUT2D eigenvalue weighted by Crippen LogP contribution is -2.17. The largest absolute Gasteiger partial charge is 0.481 e. The summed E-state index contributed by atoms with van der Waals surface area (Å²) in [5.41, 5.74) is 0.475. The maximum atomic E-state index is 11.6. The smallest absolute Gasteiger partial charge is 0.354 e. The van der Waals surface area contributed by atoms with Gasteiger partial charge in [0.2, 0.25) is 0 Å². The second kappa shape index (κ2) is 9.06. The van der Waals surface area contributed by atoms with Gasteiger partial charge in [0, 0.05) is 5.69 Å². The van der Waals surface area contributed by atoms with Gasteiger partial charge in [0.15, 0.2) is 0 Å². The minimum atomic E-state index is -1.26. The summed E-state index contributed by atoms with van der Waals surface area (Å²) in [5, 5.41) is 20.6. The number of carbonyl (C=O) groups excluding carboxylic acids is 2. The second-order valence-electron chi connectivity index (χ2n) is 4.81. The van der Waals surface area contributed by atoms with E-state index in [9.17, 15) is 19.2 Å². The van der Waals surface area contributed by atoms with Crippen LogP contribution in [0.5, 0.6) is 0 Å². The SMILES string of the molecule is COC(=O)/C=C(/Nc1ccc(C(CC(=O)O)C(=O)O)cc1)C(=O)OC. The lowest BCUT2D eigenvalue weighted by atomic mass is 9.96. The number of aliphatic carboxylic acids is 2. The van der Waals surface area contributed by atoms with Crippen molar-refractivity contribution in [3.8, 4) is 0 Å². The number of nitrogens with one attached hydrogen (secondary N) is 1. The lowest BCUT2D eigenvalue weighted by Gasteiger charge is -2.12. The first-order valence-corrected chi connectivity index (χ1v) is 6.98. The van der Waals surface area contributed by atoms with E-state index in [4.69, 9.17) is 10.2 Å². The molecule has 0 fully saturated rings. The normalized spacial score (nSPS) is 12.0. The molecule has 25 heavy (non-hydrogen) atoms. The fourth-order valence-electron chi connectivity index (χ4n) is 1.91. The van der Waals surface area contributed by atoms with Gasteiger partial charge < -0.3 is 25.0 Å². The van der Waals surface area contributed by atoms with E-state index in [1.807, 2.05) is 0 Å². The van der Waals surface area contributed by atoms with Crippen LogP contribution in [0.2, 0.25) is 0 Å². The van der Waals surface area contributed by atoms with Gasteiger partial charge in [-0.3, -0.25) is 9.59 Å². The summed E-state index contributed by atoms with van der Waals surface area (Å²) in [6.07, 6.45) is 0.349. The van der Waals surface area contributed by atoms with Crippen LogP contribution in [0.15, 0.2) is 36.0 Å². The lowest BCUT2D eigenvalue weighted by molar-refractivity contribution is -0.145. The molecule has 0 bridgehead atoms. The van der Waals surface area contributed by atoms with Gasteiger partial charge in [-0.05, 0) is 17.7 Å². The third-order valence-electron chi connectivity index (χ3n) is 3.14. The van der Waals surface area contributed by atoms with Gasteiger partial charge >= 0.3 is 23.9 Å². The van der Waals surface area contributed by atoms with Crippen molar-refractivity contribution < 1.29 is 38.9 Å². The highest BCUT2D eigenvalue weighted by atomic mass is 16.5. The van der Waals surface area contributed by atoms with Crippen molar-refractivity contribution in [2.45, 2.75) is 12.3 Å². The molecule has 9 nitrogen and oxygen atoms in total. The maximum absolute atomic E-state index is 11.6. The first kappa shape index (κ1) is 19.7. The Morgan fingerprint density at radius 3 is 2.12 bits per heavy atom. The molecule has 1 atom stereocenters. The highest BCUT2D eigenvalue weighted by Crippen LogP contribution is 2.22. The summed E-state index contributed by atoms with van der Waals surface area (Å²) in [6.45, 7) is 0. The molecule has 0 aliphatic heterocycles. The van der Waals surface area contributed by atoms with Crippen molar-refractivity contribution in [2.75, 3.05) is 19.5 Å². The Morgan fingerprint density at radius 2 is 1.68 bits per heavy atom. The second-order valence-corrected chi connectivity index (χ2v) is 4.81. The van der Waals surface area contributed by atoms with E-state index in [2.05, 4.69) is 14.8 Å². The summed E-state index contributed by atoms with van der Waals surface area (Å²) >= 11 is 0. The number of carboxylic acid groups (broad SMARTS) is 2. The standard InChI is InChI=1S/C16H17NO8/c1-24-14(20)8-12(16(23)25-2)17-10-5-3-9(4-6-10)11(15(21)22)7-13(18)19/h3-6,8,11,17H,7H2,1-2H3,(H,18,19)(H,21,22)/b12-8+. The van der Waals surface area contributed by atoms with Crippen molar-refractivity contribution in [1.29, 1.82) is 0 Å². The van der Waals surface area contributed by atoms with Crippen LogP contribution in [0.3, 0.4) is 0 Å². The zero-order valence-corrected chi connectivity index (χ0v) is 13.5. The van der Waals surface area contributed by atoms with E-state index in [0.717, 1.165) is 20.3 Å². The van der Waals surface area contributed by atoms with Crippen LogP contribution in [0.1, 0.15) is 17.9 Å². The number of hydrogen-bond acceptors (Lipinski definition) is 7. The van der Waals surface area contributed by atoms with Gasteiger partial charge in [-0.15, -0.1) is 0 Å². The van der Waals surface area contributed by atoms with Crippen LogP contribution in [0.4, 0.5) is 5.69 Å². The summed E-state index contributed by atoms with van der Waals surface area (Å²) in [7, 11) is 2.29. The van der Waals surface area contributed by atoms with Gasteiger partial charge in [0.25, 0.3) is 0 Å². The third-order valence-corrected chi connectivity index (χ3v) is 3.14. The maximum Gasteiger partial charge on any atom is 0.354 e. The van der Waals surface area contributed by atoms with Crippen molar-refractivity contribution in [1.82, 2.24) is 0 Å². The molecule has 0 aliphatic carbocycles. The Bertz CT molecular complexity index is 693. The van der Waals surface area contributed by atoms with Crippen LogP contribution in [0, 0.1) is 0 Å². The van der Waals surface area contributed by atoms with E-state index in [0.29, 0.717) is 5.69 Å². The summed E-state index contributed by atoms with van der Waals surface area (Å²) in [6, 6.07) is 5.72. The van der Waals surface area contributed by atoms with Gasteiger partial charge in [-0.25, -0.2) is 9.59 Å². The van der Waals surface area contributed by atoms with Crippen molar-refractivity contribution >= 4 is 29.6 Å². The molecule has 1 unspecified atom stereocenters. The number of carbonyl (C=O) groups is 4. The molecule has 0 amide bonds. The topological polar surface area (TPSA) is 139 Å². The summed E-state index contributed by atoms with van der Waals surface area (Å²) < 4.78 is 8.99. The molecule has 0 aliphatic rings. The summed E-state index contributed by atoms with van der Waals surface area (Å²) in [5.74, 6) is -5.26. The number of ether oxygens (including phenoxy) is 2. The Kier molecular flexibility index (Phi) is 7.14. The van der Waals surface area contributed by atoms with Gasteiger partial charge in [-0.1, -0.05) is 12.1 Å². The van der Waals surface area contributed by atoms with Crippen LogP contribution < -0.4 is 5.32 Å². The highest BCUT2D eigenvalue weighted by molar-refractivity contribution is 5.98. The molecule has 9 heteroatoms. The minimum absolute atomic E-state index is 0.178. The molecule has 1 aromatic rings. The highest BCUT2D eigenvalue weighted by Gasteiger charge is 2.23. The van der Waals surface area contributed by atoms with Gasteiger partial charge in [0.05, 0.1) is 32.6 Å². The monoisotopic (exact) mass is 351 g/mol. The molecule has 1 rings (SSSR count). The minimum Gasteiger partial charge on any atom is -0.481 e. The Morgan fingerprint density at radius 1 is 1.08 bits per heavy atom. The average Bonchev–Trinajstić information content (AvgIpc) is 2.58. The number of hydrogen-bond donors (Lipinski definition) is 3. The Balaban J connectivity index is 3.02. The van der Waals surface area contributed by atoms with E-state index in [-0.39, 0.29) is 11.3 Å². The molecule has 3 N–H and O–H groups in total. The summed E-state index contributed by atoms with van der Waals surface area (Å²) in [4.78, 5) is 44.9. The zero-order valence-electron chi connectivity index (χ0n) is 13.5. The first-order valence-electron chi connectivity index (χ1n) is 6.98. The first-order chi connectivity index (χ1) is 11.8. The molecule has 0 aromatic heterocycles. The quantitative estimate of drug-likeness (QED) is 0.461. The number of anilines is 1. The number of carboxylic acids is 2. The van der Waals surface area contributed by atoms with Crippen LogP contribution in [0.25, 0.3) is 0 Å². The van der Waals surface area contributed by atoms with E-state index >= 15 is 0 Å². The number of benzene rings is 1. The van der Waals surface area contributed by atoms with Crippen molar-refractivity contribution in [3.63, 3.8) is 0 Å². The van der Waals surface area contributed by atoms with Gasteiger partial charge in [-0.2, -0.15) is 0 Å². The van der Waals surface area contributed by atoms with E-state index in [1.54, 1.807) is 0 Å². The molecule has 0 heterocycles. The van der Waals surface area contributed by atoms with Crippen molar-refractivity contribution in [2.24, 2.45) is 0 Å². The zero-order chi connectivity index (χ0) is 19.0. The van der Waals surface area contributed by atoms with Crippen LogP contribution >= 0.6 is 0 Å². The molecule has 1 aromatic carbocycles. The Labute approximate surface area is 142 Å². The fraction of sp³-hybridized carbons (Fsp3) is 0.250. The third kappa shape index (κ3) is 5.98. The number of methoxy groups -OCH3 is 2. The Hall–Kier alpha value is -3.36. The van der Waals surface area contributed by atoms with Crippen LogP contribution in [-0.4, -0.2) is 48.3 Å². The number of esters is 2. The molecule has 0 saturated carbocycles. The van der Waals surface area contributed by atoms with E-state index in [1.165, 1.54) is 24.3 Å². The van der Waals surface area contributed by atoms with Crippen molar-refractivity contribution in [3.05, 3.63) is 41.6 Å². The molecule has 0 saturated heterocycles. The fourth-order valence-corrected chi connectivity index (χ4v) is 1.91. The molecule has 0 spiro atoms. The van der Waals surface area contributed by atoms with Gasteiger partial charge in [0.1, 0.15) is 5.70 Å².